The quantitative estimate of drug-likeness (QED) is 0.712. The van der Waals surface area contributed by atoms with Gasteiger partial charge < -0.3 is 15.4 Å². The summed E-state index contributed by atoms with van der Waals surface area (Å²) in [6.45, 7) is 2.20. The van der Waals surface area contributed by atoms with Gasteiger partial charge in [0.05, 0.1) is 15.2 Å². The lowest BCUT2D eigenvalue weighted by atomic mass is 10.1. The normalized spacial score (nSPS) is 12.5. The van der Waals surface area contributed by atoms with Crippen LogP contribution in [0.15, 0.2) is 9.08 Å². The number of carbonyl (C=O) groups is 1. The molecule has 1 rings (SSSR count). The van der Waals surface area contributed by atoms with Gasteiger partial charge in [0.15, 0.2) is 0 Å². The molecule has 0 saturated carbocycles. The van der Waals surface area contributed by atoms with Gasteiger partial charge in [-0.2, -0.15) is 0 Å². The maximum Gasteiger partial charge on any atom is 0.207 e. The Morgan fingerprint density at radius 2 is 2.27 bits per heavy atom. The van der Waals surface area contributed by atoms with Crippen LogP contribution in [0.5, 0.6) is 0 Å². The van der Waals surface area contributed by atoms with Crippen LogP contribution in [-0.2, 0) is 11.2 Å². The van der Waals surface area contributed by atoms with Gasteiger partial charge >= 0.3 is 0 Å². The highest BCUT2D eigenvalue weighted by Gasteiger charge is 2.14. The van der Waals surface area contributed by atoms with E-state index >= 15 is 0 Å². The summed E-state index contributed by atoms with van der Waals surface area (Å²) in [4.78, 5) is 13.2. The fraction of sp³-hybridized carbons (Fsp3) is 0.444. The standard InChI is InChI=1S/C9H12Br2N2O2/c1-5-7(8(10)9(11)13-5)2-6(15)3-12-4-14/h4,6,13,15H,2-3H2,1H3,(H,12,14). The van der Waals surface area contributed by atoms with Crippen molar-refractivity contribution in [2.75, 3.05) is 6.54 Å². The van der Waals surface area contributed by atoms with Crippen LogP contribution in [0.3, 0.4) is 0 Å². The first-order chi connectivity index (χ1) is 7.06. The number of aromatic nitrogens is 1. The average Bonchev–Trinajstić information content (AvgIpc) is 2.42. The summed E-state index contributed by atoms with van der Waals surface area (Å²) in [5.41, 5.74) is 2.01. The van der Waals surface area contributed by atoms with Crippen LogP contribution < -0.4 is 5.32 Å². The number of carbonyl (C=O) groups excluding carboxylic acids is 1. The van der Waals surface area contributed by atoms with Gasteiger partial charge in [-0.05, 0) is 44.3 Å². The van der Waals surface area contributed by atoms with E-state index in [2.05, 4.69) is 42.2 Å². The molecule has 0 aliphatic rings. The molecular formula is C9H12Br2N2O2. The lowest BCUT2D eigenvalue weighted by Gasteiger charge is -2.09. The predicted octanol–water partition coefficient (Wildman–Crippen LogP) is 1.50. The molecule has 0 bridgehead atoms. The zero-order chi connectivity index (χ0) is 11.4. The van der Waals surface area contributed by atoms with Gasteiger partial charge in [-0.1, -0.05) is 0 Å². The summed E-state index contributed by atoms with van der Waals surface area (Å²) in [5, 5.41) is 12.1. The Labute approximate surface area is 105 Å². The van der Waals surface area contributed by atoms with Crippen molar-refractivity contribution in [2.45, 2.75) is 19.4 Å². The molecule has 4 nitrogen and oxygen atoms in total. The topological polar surface area (TPSA) is 65.1 Å². The number of aliphatic hydroxyl groups is 1. The number of hydrogen-bond donors (Lipinski definition) is 3. The number of nitrogens with one attached hydrogen (secondary N) is 2. The fourth-order valence-corrected chi connectivity index (χ4v) is 2.42. The Morgan fingerprint density at radius 3 is 2.73 bits per heavy atom. The van der Waals surface area contributed by atoms with Crippen molar-refractivity contribution in [2.24, 2.45) is 0 Å². The van der Waals surface area contributed by atoms with Crippen molar-refractivity contribution in [1.82, 2.24) is 10.3 Å². The van der Waals surface area contributed by atoms with Crippen LogP contribution in [-0.4, -0.2) is 29.1 Å². The van der Waals surface area contributed by atoms with E-state index in [9.17, 15) is 9.90 Å². The molecule has 1 heterocycles. The monoisotopic (exact) mass is 338 g/mol. The number of H-pyrrole nitrogens is 1. The highest BCUT2D eigenvalue weighted by atomic mass is 79.9. The summed E-state index contributed by atoms with van der Waals surface area (Å²) in [6.07, 6.45) is 0.501. The molecule has 6 heteroatoms. The van der Waals surface area contributed by atoms with Crippen molar-refractivity contribution in [3.63, 3.8) is 0 Å². The van der Waals surface area contributed by atoms with Gasteiger partial charge in [0.2, 0.25) is 6.41 Å². The number of aryl methyl sites for hydroxylation is 1. The van der Waals surface area contributed by atoms with Crippen LogP contribution >= 0.6 is 31.9 Å². The summed E-state index contributed by atoms with van der Waals surface area (Å²) in [6, 6.07) is 0. The lowest BCUT2D eigenvalue weighted by Crippen LogP contribution is -2.27. The van der Waals surface area contributed by atoms with Crippen molar-refractivity contribution in [1.29, 1.82) is 0 Å². The second-order valence-corrected chi connectivity index (χ2v) is 4.83. The summed E-state index contributed by atoms with van der Waals surface area (Å²) >= 11 is 6.77. The van der Waals surface area contributed by atoms with E-state index in [4.69, 9.17) is 0 Å². The van der Waals surface area contributed by atoms with E-state index in [1.54, 1.807) is 0 Å². The number of hydrogen-bond acceptors (Lipinski definition) is 2. The molecule has 3 N–H and O–H groups in total. The summed E-state index contributed by atoms with van der Waals surface area (Å²) in [7, 11) is 0. The predicted molar refractivity (Wildman–Crippen MR) is 64.7 cm³/mol. The van der Waals surface area contributed by atoms with Crippen LogP contribution in [0, 0.1) is 6.92 Å². The van der Waals surface area contributed by atoms with Crippen LogP contribution in [0.2, 0.25) is 0 Å². The first-order valence-electron chi connectivity index (χ1n) is 4.43. The molecule has 1 aromatic rings. The molecule has 1 aromatic heterocycles. The van der Waals surface area contributed by atoms with E-state index in [1.165, 1.54) is 0 Å². The second-order valence-electron chi connectivity index (χ2n) is 3.24. The zero-order valence-corrected chi connectivity index (χ0v) is 11.4. The summed E-state index contributed by atoms with van der Waals surface area (Å²) < 4.78 is 1.79. The van der Waals surface area contributed by atoms with Crippen molar-refractivity contribution in [3.05, 3.63) is 20.3 Å². The van der Waals surface area contributed by atoms with Gasteiger partial charge in [0, 0.05) is 18.7 Å². The molecule has 0 aromatic carbocycles. The number of aliphatic hydroxyl groups excluding tert-OH is 1. The minimum Gasteiger partial charge on any atom is -0.391 e. The maximum atomic E-state index is 10.1. The third-order valence-corrected chi connectivity index (χ3v) is 4.09. The van der Waals surface area contributed by atoms with Gasteiger partial charge in [0.1, 0.15) is 0 Å². The van der Waals surface area contributed by atoms with E-state index in [-0.39, 0.29) is 6.54 Å². The molecule has 0 spiro atoms. The van der Waals surface area contributed by atoms with Crippen molar-refractivity contribution >= 4 is 38.3 Å². The van der Waals surface area contributed by atoms with Gasteiger partial charge in [-0.15, -0.1) is 0 Å². The van der Waals surface area contributed by atoms with E-state index in [0.717, 1.165) is 20.3 Å². The van der Waals surface area contributed by atoms with Gasteiger partial charge in [-0.25, -0.2) is 0 Å². The highest BCUT2D eigenvalue weighted by Crippen LogP contribution is 2.29. The van der Waals surface area contributed by atoms with E-state index < -0.39 is 6.10 Å². The van der Waals surface area contributed by atoms with E-state index in [1.807, 2.05) is 6.92 Å². The Hall–Kier alpha value is -0.330. The molecule has 1 amide bonds. The molecule has 0 saturated heterocycles. The third-order valence-electron chi connectivity index (χ3n) is 2.08. The average molecular weight is 340 g/mol. The van der Waals surface area contributed by atoms with Crippen LogP contribution in [0.25, 0.3) is 0 Å². The molecule has 1 atom stereocenters. The zero-order valence-electron chi connectivity index (χ0n) is 8.18. The number of halogens is 2. The number of aromatic amines is 1. The lowest BCUT2D eigenvalue weighted by molar-refractivity contribution is -0.109. The Balaban J connectivity index is 2.67. The number of amides is 1. The SMILES string of the molecule is Cc1[nH]c(Br)c(Br)c1CC(O)CNC=O. The molecule has 15 heavy (non-hydrogen) atoms. The molecule has 0 aliphatic carbocycles. The number of rotatable bonds is 5. The first kappa shape index (κ1) is 12.7. The Morgan fingerprint density at radius 1 is 1.60 bits per heavy atom. The maximum absolute atomic E-state index is 10.1. The smallest absolute Gasteiger partial charge is 0.207 e. The van der Waals surface area contributed by atoms with Crippen molar-refractivity contribution < 1.29 is 9.90 Å². The van der Waals surface area contributed by atoms with E-state index in [0.29, 0.717) is 12.8 Å². The Kier molecular flexibility index (Phi) is 4.82. The summed E-state index contributed by atoms with van der Waals surface area (Å²) in [5.74, 6) is 0. The molecule has 1 unspecified atom stereocenters. The van der Waals surface area contributed by atoms with Crippen LogP contribution in [0.1, 0.15) is 11.3 Å². The van der Waals surface area contributed by atoms with Gasteiger partial charge in [-0.3, -0.25) is 4.79 Å². The molecule has 0 radical (unpaired) electrons. The second kappa shape index (κ2) is 5.67. The van der Waals surface area contributed by atoms with Crippen LogP contribution in [0.4, 0.5) is 0 Å². The molecule has 0 fully saturated rings. The fourth-order valence-electron chi connectivity index (χ4n) is 1.33. The minimum atomic E-state index is -0.576. The Bertz CT molecular complexity index is 352. The molecule has 84 valence electrons. The minimum absolute atomic E-state index is 0.262. The van der Waals surface area contributed by atoms with Crippen molar-refractivity contribution in [3.8, 4) is 0 Å². The van der Waals surface area contributed by atoms with Gasteiger partial charge in [0.25, 0.3) is 0 Å². The third kappa shape index (κ3) is 3.32. The first-order valence-corrected chi connectivity index (χ1v) is 6.02. The largest absolute Gasteiger partial charge is 0.391 e. The molecule has 0 aliphatic heterocycles. The highest BCUT2D eigenvalue weighted by molar-refractivity contribution is 9.13. The molecular weight excluding hydrogens is 328 g/mol.